The van der Waals surface area contributed by atoms with Crippen LogP contribution in [0, 0.1) is 11.6 Å². The summed E-state index contributed by atoms with van der Waals surface area (Å²) < 4.78 is 27.7. The minimum Gasteiger partial charge on any atom is -0.477 e. The zero-order chi connectivity index (χ0) is 17.0. The number of nitrogens with one attached hydrogen (secondary N) is 1. The van der Waals surface area contributed by atoms with Gasteiger partial charge in [-0.3, -0.25) is 0 Å². The summed E-state index contributed by atoms with van der Waals surface area (Å²) in [5, 5.41) is 19.6. The second-order valence-electron chi connectivity index (χ2n) is 4.29. The summed E-state index contributed by atoms with van der Waals surface area (Å²) in [5.74, 6) is -5.65. The van der Waals surface area contributed by atoms with Crippen molar-refractivity contribution < 1.29 is 28.6 Å². The first-order chi connectivity index (χ1) is 10.3. The number of carbonyl (C=O) groups is 2. The molecule has 0 amide bonds. The van der Waals surface area contributed by atoms with E-state index in [2.05, 4.69) is 5.32 Å². The fourth-order valence-electron chi connectivity index (χ4n) is 1.96. The number of hydrogen-bond donors (Lipinski definition) is 3. The lowest BCUT2D eigenvalue weighted by atomic mass is 10.0. The van der Waals surface area contributed by atoms with Crippen molar-refractivity contribution in [2.45, 2.75) is 26.7 Å². The molecule has 0 unspecified atom stereocenters. The molecule has 0 bridgehead atoms. The molecular formula is C14H14ClF2NO4. The largest absolute Gasteiger partial charge is 0.477 e. The summed E-state index contributed by atoms with van der Waals surface area (Å²) in [7, 11) is 0. The van der Waals surface area contributed by atoms with E-state index in [9.17, 15) is 18.4 Å². The monoisotopic (exact) mass is 333 g/mol. The lowest BCUT2D eigenvalue weighted by Gasteiger charge is -2.17. The highest BCUT2D eigenvalue weighted by atomic mass is 35.5. The Balaban J connectivity index is 3.49. The van der Waals surface area contributed by atoms with Gasteiger partial charge in [0.15, 0.2) is 17.2 Å². The molecule has 0 fully saturated rings. The van der Waals surface area contributed by atoms with Gasteiger partial charge in [-0.25, -0.2) is 18.4 Å². The maximum absolute atomic E-state index is 13.9. The van der Waals surface area contributed by atoms with Crippen LogP contribution >= 0.6 is 11.6 Å². The van der Waals surface area contributed by atoms with Gasteiger partial charge in [-0.15, -0.1) is 0 Å². The number of benzene rings is 1. The van der Waals surface area contributed by atoms with Gasteiger partial charge < -0.3 is 15.5 Å². The molecule has 1 aromatic carbocycles. The van der Waals surface area contributed by atoms with Crippen LogP contribution in [-0.4, -0.2) is 22.2 Å². The van der Waals surface area contributed by atoms with Crippen LogP contribution in [0.3, 0.4) is 0 Å². The topological polar surface area (TPSA) is 86.6 Å². The van der Waals surface area contributed by atoms with E-state index in [-0.39, 0.29) is 29.7 Å². The van der Waals surface area contributed by atoms with Gasteiger partial charge in [-0.2, -0.15) is 0 Å². The first kappa shape index (κ1) is 17.9. The SMILES string of the molecule is CCc1c(F)c(F)c(Cl)c(CC)c1NC=C(C(=O)O)C(=O)O. The molecule has 0 atom stereocenters. The Morgan fingerprint density at radius 2 is 1.59 bits per heavy atom. The summed E-state index contributed by atoms with van der Waals surface area (Å²) in [6, 6.07) is 0. The van der Waals surface area contributed by atoms with Crippen molar-refractivity contribution >= 4 is 29.2 Å². The van der Waals surface area contributed by atoms with Crippen molar-refractivity contribution in [1.29, 1.82) is 0 Å². The van der Waals surface area contributed by atoms with E-state index >= 15 is 0 Å². The molecule has 0 saturated carbocycles. The number of carboxylic acid groups (broad SMARTS) is 2. The number of hydrogen-bond acceptors (Lipinski definition) is 3. The van der Waals surface area contributed by atoms with Crippen LogP contribution in [0.5, 0.6) is 0 Å². The highest BCUT2D eigenvalue weighted by molar-refractivity contribution is 6.32. The van der Waals surface area contributed by atoms with Crippen LogP contribution in [0.4, 0.5) is 14.5 Å². The molecule has 0 aliphatic carbocycles. The second kappa shape index (κ2) is 7.22. The molecule has 0 aliphatic heterocycles. The lowest BCUT2D eigenvalue weighted by Crippen LogP contribution is -2.14. The van der Waals surface area contributed by atoms with Crippen LogP contribution in [0.1, 0.15) is 25.0 Å². The summed E-state index contributed by atoms with van der Waals surface area (Å²) in [4.78, 5) is 21.6. The maximum Gasteiger partial charge on any atom is 0.344 e. The fraction of sp³-hybridized carbons (Fsp3) is 0.286. The van der Waals surface area contributed by atoms with E-state index in [1.165, 1.54) is 0 Å². The smallest absolute Gasteiger partial charge is 0.344 e. The Bertz CT molecular complexity index is 612. The van der Waals surface area contributed by atoms with Gasteiger partial charge in [0.1, 0.15) is 0 Å². The Morgan fingerprint density at radius 3 is 2.00 bits per heavy atom. The minimum atomic E-state index is -1.66. The van der Waals surface area contributed by atoms with E-state index in [4.69, 9.17) is 21.8 Å². The van der Waals surface area contributed by atoms with E-state index in [0.29, 0.717) is 6.20 Å². The van der Waals surface area contributed by atoms with Crippen molar-refractivity contribution in [3.05, 3.63) is 39.6 Å². The predicted octanol–water partition coefficient (Wildman–Crippen LogP) is 3.21. The van der Waals surface area contributed by atoms with Crippen LogP contribution in [0.25, 0.3) is 0 Å². The van der Waals surface area contributed by atoms with E-state index in [1.54, 1.807) is 13.8 Å². The minimum absolute atomic E-state index is 0.0369. The van der Waals surface area contributed by atoms with Gasteiger partial charge in [-0.1, -0.05) is 25.4 Å². The average Bonchev–Trinajstić information content (AvgIpc) is 2.45. The Labute approximate surface area is 130 Å². The van der Waals surface area contributed by atoms with Gasteiger partial charge >= 0.3 is 11.9 Å². The number of aliphatic carboxylic acids is 2. The van der Waals surface area contributed by atoms with Gasteiger partial charge in [0.05, 0.1) is 5.02 Å². The van der Waals surface area contributed by atoms with Crippen molar-refractivity contribution in [1.82, 2.24) is 0 Å². The lowest BCUT2D eigenvalue weighted by molar-refractivity contribution is -0.140. The van der Waals surface area contributed by atoms with Crippen LogP contribution in [0.15, 0.2) is 11.8 Å². The molecule has 22 heavy (non-hydrogen) atoms. The van der Waals surface area contributed by atoms with Crippen LogP contribution in [0.2, 0.25) is 5.02 Å². The molecule has 1 aromatic rings. The zero-order valence-electron chi connectivity index (χ0n) is 11.8. The van der Waals surface area contributed by atoms with Gasteiger partial charge in [0, 0.05) is 17.5 Å². The third-order valence-electron chi connectivity index (χ3n) is 3.05. The molecule has 0 aromatic heterocycles. The number of carboxylic acids is 2. The first-order valence-corrected chi connectivity index (χ1v) is 6.75. The molecule has 3 N–H and O–H groups in total. The normalized spacial score (nSPS) is 10.2. The molecule has 0 heterocycles. The van der Waals surface area contributed by atoms with Gasteiger partial charge in [-0.05, 0) is 18.4 Å². The second-order valence-corrected chi connectivity index (χ2v) is 4.67. The predicted molar refractivity (Wildman–Crippen MR) is 77.1 cm³/mol. The van der Waals surface area contributed by atoms with Crippen molar-refractivity contribution in [2.24, 2.45) is 0 Å². The van der Waals surface area contributed by atoms with Crippen molar-refractivity contribution in [3.63, 3.8) is 0 Å². The summed E-state index contributed by atoms with van der Waals surface area (Å²) in [6.45, 7) is 3.23. The molecule has 0 saturated heterocycles. The molecule has 0 spiro atoms. The van der Waals surface area contributed by atoms with Crippen LogP contribution < -0.4 is 5.32 Å². The third-order valence-corrected chi connectivity index (χ3v) is 3.44. The summed E-state index contributed by atoms with van der Waals surface area (Å²) in [5.41, 5.74) is -0.659. The van der Waals surface area contributed by atoms with Crippen molar-refractivity contribution in [2.75, 3.05) is 5.32 Å². The maximum atomic E-state index is 13.9. The van der Waals surface area contributed by atoms with Gasteiger partial charge in [0.2, 0.25) is 0 Å². The van der Waals surface area contributed by atoms with E-state index in [0.717, 1.165) is 0 Å². The summed E-state index contributed by atoms with van der Waals surface area (Å²) >= 11 is 5.76. The molecular weight excluding hydrogens is 320 g/mol. The summed E-state index contributed by atoms with van der Waals surface area (Å²) in [6.07, 6.45) is 1.07. The molecule has 0 aliphatic rings. The molecule has 1 rings (SSSR count). The Kier molecular flexibility index (Phi) is 5.87. The number of halogens is 3. The zero-order valence-corrected chi connectivity index (χ0v) is 12.6. The highest BCUT2D eigenvalue weighted by Gasteiger charge is 2.22. The quantitative estimate of drug-likeness (QED) is 0.322. The van der Waals surface area contributed by atoms with Gasteiger partial charge in [0.25, 0.3) is 0 Å². The van der Waals surface area contributed by atoms with E-state index in [1.807, 2.05) is 0 Å². The molecule has 120 valence electrons. The number of rotatable bonds is 6. The standard InChI is InChI=1S/C14H14ClF2NO4/c1-3-6-9(15)11(17)10(16)7(4-2)12(6)18-5-8(13(19)20)14(21)22/h5,18H,3-4H2,1-2H3,(H,19,20)(H,21,22). The highest BCUT2D eigenvalue weighted by Crippen LogP contribution is 2.34. The molecule has 8 heteroatoms. The Hall–Kier alpha value is -2.15. The number of anilines is 1. The molecule has 0 radical (unpaired) electrons. The first-order valence-electron chi connectivity index (χ1n) is 6.37. The fourth-order valence-corrected chi connectivity index (χ4v) is 2.27. The molecule has 5 nitrogen and oxygen atoms in total. The van der Waals surface area contributed by atoms with Crippen molar-refractivity contribution in [3.8, 4) is 0 Å². The van der Waals surface area contributed by atoms with E-state index < -0.39 is 34.2 Å². The van der Waals surface area contributed by atoms with Crippen LogP contribution in [-0.2, 0) is 22.4 Å². The third kappa shape index (κ3) is 3.36. The Morgan fingerprint density at radius 1 is 1.09 bits per heavy atom. The average molecular weight is 334 g/mol.